The Morgan fingerprint density at radius 3 is 2.48 bits per heavy atom. The predicted molar refractivity (Wildman–Crippen MR) is 97.7 cm³/mol. The normalized spacial score (nSPS) is 20.5. The molecule has 2 fully saturated rings. The number of carbonyl (C=O) groups excluding carboxylic acids is 1. The molecule has 0 spiro atoms. The van der Waals surface area contributed by atoms with E-state index in [1.54, 1.807) is 11.2 Å². The van der Waals surface area contributed by atoms with Gasteiger partial charge in [0.1, 0.15) is 0 Å². The average Bonchev–Trinajstić information content (AvgIpc) is 2.96. The van der Waals surface area contributed by atoms with Gasteiger partial charge in [-0.25, -0.2) is 17.5 Å². The van der Waals surface area contributed by atoms with E-state index in [2.05, 4.69) is 25.1 Å². The molecule has 0 saturated carbocycles. The summed E-state index contributed by atoms with van der Waals surface area (Å²) in [6.45, 7) is 6.87. The summed E-state index contributed by atoms with van der Waals surface area (Å²) in [5.74, 6) is 0.143. The van der Waals surface area contributed by atoms with Crippen LogP contribution in [-0.2, 0) is 16.6 Å². The van der Waals surface area contributed by atoms with Crippen molar-refractivity contribution in [2.45, 2.75) is 39.3 Å². The lowest BCUT2D eigenvalue weighted by atomic mass is 10.1. The van der Waals surface area contributed by atoms with E-state index < -0.39 is 10.0 Å². The maximum Gasteiger partial charge on any atom is 0.320 e. The van der Waals surface area contributed by atoms with Gasteiger partial charge in [0.15, 0.2) is 0 Å². The number of amides is 2. The summed E-state index contributed by atoms with van der Waals surface area (Å²) in [7, 11) is -3.12. The minimum Gasteiger partial charge on any atom is -0.320 e. The molecule has 7 heteroatoms. The van der Waals surface area contributed by atoms with Gasteiger partial charge in [-0.15, -0.1) is 0 Å². The van der Waals surface area contributed by atoms with E-state index in [-0.39, 0.29) is 17.8 Å². The number of hydrogen-bond donors (Lipinski definition) is 0. The van der Waals surface area contributed by atoms with Crippen LogP contribution in [0, 0.1) is 6.92 Å². The molecular formula is C18H27N3O3S. The van der Waals surface area contributed by atoms with Gasteiger partial charge in [-0.1, -0.05) is 29.8 Å². The third-order valence-corrected chi connectivity index (χ3v) is 7.09. The first kappa shape index (κ1) is 18.2. The summed E-state index contributed by atoms with van der Waals surface area (Å²) < 4.78 is 25.5. The van der Waals surface area contributed by atoms with Crippen LogP contribution in [0.3, 0.4) is 0 Å². The highest BCUT2D eigenvalue weighted by molar-refractivity contribution is 7.89. The Morgan fingerprint density at radius 1 is 1.12 bits per heavy atom. The number of carbonyl (C=O) groups is 1. The Bertz CT molecular complexity index is 727. The van der Waals surface area contributed by atoms with Gasteiger partial charge in [-0.05, 0) is 32.3 Å². The van der Waals surface area contributed by atoms with Crippen LogP contribution in [0.2, 0.25) is 0 Å². The molecule has 2 saturated heterocycles. The molecule has 0 aliphatic carbocycles. The summed E-state index contributed by atoms with van der Waals surface area (Å²) in [4.78, 5) is 16.6. The lowest BCUT2D eigenvalue weighted by Gasteiger charge is -2.35. The average molecular weight is 365 g/mol. The van der Waals surface area contributed by atoms with E-state index in [9.17, 15) is 13.2 Å². The number of benzene rings is 1. The third kappa shape index (κ3) is 3.98. The smallest absolute Gasteiger partial charge is 0.320 e. The van der Waals surface area contributed by atoms with Crippen molar-refractivity contribution in [3.8, 4) is 0 Å². The Labute approximate surface area is 150 Å². The summed E-state index contributed by atoms with van der Waals surface area (Å²) >= 11 is 0. The van der Waals surface area contributed by atoms with E-state index in [0.29, 0.717) is 19.6 Å². The Balaban J connectivity index is 1.58. The molecule has 2 amide bonds. The molecule has 1 aromatic carbocycles. The first-order valence-electron chi connectivity index (χ1n) is 8.99. The summed E-state index contributed by atoms with van der Waals surface area (Å²) in [5.41, 5.74) is 2.35. The predicted octanol–water partition coefficient (Wildman–Crippen LogP) is 2.05. The molecule has 0 radical (unpaired) electrons. The van der Waals surface area contributed by atoms with E-state index in [0.717, 1.165) is 31.5 Å². The number of aryl methyl sites for hydroxylation is 1. The monoisotopic (exact) mass is 365 g/mol. The summed E-state index contributed by atoms with van der Waals surface area (Å²) in [5, 5.41) is 0. The second-order valence-corrected chi connectivity index (χ2v) is 9.17. The fourth-order valence-electron chi connectivity index (χ4n) is 3.73. The maximum absolute atomic E-state index is 12.7. The summed E-state index contributed by atoms with van der Waals surface area (Å²) in [6, 6.07) is 8.48. The zero-order valence-electron chi connectivity index (χ0n) is 15.0. The van der Waals surface area contributed by atoms with Crippen molar-refractivity contribution in [1.29, 1.82) is 0 Å². The van der Waals surface area contributed by atoms with Gasteiger partial charge in [0.05, 0.1) is 5.75 Å². The zero-order chi connectivity index (χ0) is 18.0. The minimum atomic E-state index is -3.12. The summed E-state index contributed by atoms with van der Waals surface area (Å²) in [6.07, 6.45) is 1.45. The van der Waals surface area contributed by atoms with Crippen LogP contribution < -0.4 is 0 Å². The van der Waals surface area contributed by atoms with Gasteiger partial charge in [-0.3, -0.25) is 0 Å². The van der Waals surface area contributed by atoms with Crippen molar-refractivity contribution < 1.29 is 13.2 Å². The SMILES string of the molecule is CCS(=O)(=O)N1CCC(N2CCN(Cc3cccc(C)c3)C2=O)CC1. The third-order valence-electron chi connectivity index (χ3n) is 5.21. The van der Waals surface area contributed by atoms with E-state index in [1.807, 2.05) is 15.9 Å². The van der Waals surface area contributed by atoms with Crippen molar-refractivity contribution in [1.82, 2.24) is 14.1 Å². The van der Waals surface area contributed by atoms with Gasteiger partial charge in [0.25, 0.3) is 0 Å². The number of rotatable bonds is 5. The number of urea groups is 1. The van der Waals surface area contributed by atoms with Crippen LogP contribution in [0.5, 0.6) is 0 Å². The minimum absolute atomic E-state index is 0.0818. The Kier molecular flexibility index (Phi) is 5.34. The number of piperidine rings is 1. The molecule has 2 aliphatic rings. The zero-order valence-corrected chi connectivity index (χ0v) is 15.8. The van der Waals surface area contributed by atoms with Crippen LogP contribution in [0.4, 0.5) is 4.79 Å². The lowest BCUT2D eigenvalue weighted by molar-refractivity contribution is 0.153. The molecule has 25 heavy (non-hydrogen) atoms. The van der Waals surface area contributed by atoms with Crippen molar-refractivity contribution in [2.24, 2.45) is 0 Å². The molecule has 138 valence electrons. The van der Waals surface area contributed by atoms with Crippen LogP contribution in [0.25, 0.3) is 0 Å². The molecule has 0 N–H and O–H groups in total. The van der Waals surface area contributed by atoms with E-state index in [4.69, 9.17) is 0 Å². The molecule has 3 rings (SSSR count). The van der Waals surface area contributed by atoms with Crippen LogP contribution in [0.1, 0.15) is 30.9 Å². The second-order valence-electron chi connectivity index (χ2n) is 6.92. The first-order valence-corrected chi connectivity index (χ1v) is 10.6. The maximum atomic E-state index is 12.7. The van der Waals surface area contributed by atoms with Gasteiger partial charge in [0, 0.05) is 38.8 Å². The Hall–Kier alpha value is -1.60. The van der Waals surface area contributed by atoms with Crippen LogP contribution in [-0.4, -0.2) is 66.5 Å². The highest BCUT2D eigenvalue weighted by Gasteiger charge is 2.36. The first-order chi connectivity index (χ1) is 11.9. The van der Waals surface area contributed by atoms with Gasteiger partial charge >= 0.3 is 6.03 Å². The van der Waals surface area contributed by atoms with Crippen molar-refractivity contribution in [3.05, 3.63) is 35.4 Å². The van der Waals surface area contributed by atoms with Crippen LogP contribution in [0.15, 0.2) is 24.3 Å². The largest absolute Gasteiger partial charge is 0.320 e. The highest BCUT2D eigenvalue weighted by Crippen LogP contribution is 2.24. The quantitative estimate of drug-likeness (QED) is 0.802. The fraction of sp³-hybridized carbons (Fsp3) is 0.611. The molecule has 2 aliphatic heterocycles. The molecular weight excluding hydrogens is 338 g/mol. The number of hydrogen-bond acceptors (Lipinski definition) is 3. The van der Waals surface area contributed by atoms with Crippen molar-refractivity contribution in [2.75, 3.05) is 31.9 Å². The lowest BCUT2D eigenvalue weighted by Crippen LogP contribution is -2.48. The molecule has 2 heterocycles. The van der Waals surface area contributed by atoms with E-state index in [1.165, 1.54) is 5.56 Å². The van der Waals surface area contributed by atoms with Crippen molar-refractivity contribution in [3.63, 3.8) is 0 Å². The number of sulfonamides is 1. The topological polar surface area (TPSA) is 60.9 Å². The fourth-order valence-corrected chi connectivity index (χ4v) is 4.86. The molecule has 6 nitrogen and oxygen atoms in total. The molecule has 0 aromatic heterocycles. The highest BCUT2D eigenvalue weighted by atomic mass is 32.2. The van der Waals surface area contributed by atoms with Crippen LogP contribution >= 0.6 is 0 Å². The molecule has 1 aromatic rings. The van der Waals surface area contributed by atoms with Gasteiger partial charge in [0.2, 0.25) is 10.0 Å². The van der Waals surface area contributed by atoms with E-state index >= 15 is 0 Å². The second kappa shape index (κ2) is 7.33. The standard InChI is InChI=1S/C18H27N3O3S/c1-3-25(23,24)20-9-7-17(8-10-20)21-12-11-19(18(21)22)14-16-6-4-5-15(2)13-16/h4-6,13,17H,3,7-12,14H2,1-2H3. The Morgan fingerprint density at radius 2 is 1.84 bits per heavy atom. The number of nitrogens with zero attached hydrogens (tertiary/aromatic N) is 3. The van der Waals surface area contributed by atoms with Gasteiger partial charge < -0.3 is 9.80 Å². The molecule has 0 atom stereocenters. The van der Waals surface area contributed by atoms with Crippen molar-refractivity contribution >= 4 is 16.1 Å². The molecule has 0 unspecified atom stereocenters. The van der Waals surface area contributed by atoms with Gasteiger partial charge in [-0.2, -0.15) is 0 Å². The molecule has 0 bridgehead atoms.